The summed E-state index contributed by atoms with van der Waals surface area (Å²) in [6.45, 7) is 2.04. The van der Waals surface area contributed by atoms with Crippen LogP contribution in [0.15, 0.2) is 0 Å². The smallest absolute Gasteiger partial charge is 0.326 e. The van der Waals surface area contributed by atoms with Gasteiger partial charge in [0.05, 0.1) is 0 Å². The van der Waals surface area contributed by atoms with Gasteiger partial charge in [0.15, 0.2) is 0 Å². The van der Waals surface area contributed by atoms with E-state index in [1.165, 1.54) is 32.1 Å². The van der Waals surface area contributed by atoms with Crippen LogP contribution in [-0.2, 0) is 9.59 Å². The predicted octanol–water partition coefficient (Wildman–Crippen LogP) is 2.82. The van der Waals surface area contributed by atoms with Crippen molar-refractivity contribution in [3.05, 3.63) is 0 Å². The molecule has 0 aromatic rings. The number of hydrogen-bond donors (Lipinski definition) is 2. The van der Waals surface area contributed by atoms with Gasteiger partial charge in [-0.3, -0.25) is 4.79 Å². The third kappa shape index (κ3) is 2.95. The molecule has 4 fully saturated rings. The van der Waals surface area contributed by atoms with Crippen molar-refractivity contribution in [1.82, 2.24) is 5.32 Å². The van der Waals surface area contributed by atoms with E-state index in [-0.39, 0.29) is 11.8 Å². The van der Waals surface area contributed by atoms with Crippen molar-refractivity contribution in [3.8, 4) is 0 Å². The van der Waals surface area contributed by atoms with Crippen molar-refractivity contribution in [1.29, 1.82) is 0 Å². The number of hydrogen-bond acceptors (Lipinski definition) is 2. The van der Waals surface area contributed by atoms with Crippen molar-refractivity contribution >= 4 is 11.9 Å². The average Bonchev–Trinajstić information content (AvgIpc) is 2.41. The van der Waals surface area contributed by atoms with E-state index in [0.717, 1.165) is 24.7 Å². The van der Waals surface area contributed by atoms with Crippen LogP contribution in [-0.4, -0.2) is 23.0 Å². The molecule has 1 atom stereocenters. The second kappa shape index (κ2) is 5.98. The van der Waals surface area contributed by atoms with Gasteiger partial charge in [-0.05, 0) is 62.2 Å². The van der Waals surface area contributed by atoms with Crippen LogP contribution in [0.25, 0.3) is 0 Å². The number of carboxylic acids is 1. The monoisotopic (exact) mass is 293 g/mol. The van der Waals surface area contributed by atoms with Gasteiger partial charge >= 0.3 is 5.97 Å². The van der Waals surface area contributed by atoms with Crippen LogP contribution in [0.5, 0.6) is 0 Å². The van der Waals surface area contributed by atoms with Crippen LogP contribution in [0.4, 0.5) is 0 Å². The summed E-state index contributed by atoms with van der Waals surface area (Å²) in [4.78, 5) is 24.0. The number of unbranched alkanes of at least 4 members (excludes halogenated alkanes) is 1. The zero-order valence-corrected chi connectivity index (χ0v) is 12.9. The van der Waals surface area contributed by atoms with Gasteiger partial charge in [0, 0.05) is 5.92 Å². The summed E-state index contributed by atoms with van der Waals surface area (Å²) in [6, 6.07) is -0.699. The minimum atomic E-state index is -0.888. The summed E-state index contributed by atoms with van der Waals surface area (Å²) in [6.07, 6.45) is 8.49. The number of carbonyl (C=O) groups excluding carboxylic acids is 1. The molecule has 0 aromatic carbocycles. The van der Waals surface area contributed by atoms with E-state index in [0.29, 0.717) is 18.3 Å². The van der Waals surface area contributed by atoms with E-state index in [2.05, 4.69) is 5.32 Å². The maximum atomic E-state index is 12.6. The summed E-state index contributed by atoms with van der Waals surface area (Å²) >= 11 is 0. The van der Waals surface area contributed by atoms with Gasteiger partial charge in [-0.2, -0.15) is 0 Å². The molecule has 4 rings (SSSR count). The maximum absolute atomic E-state index is 12.6. The van der Waals surface area contributed by atoms with Gasteiger partial charge < -0.3 is 10.4 Å². The molecule has 4 bridgehead atoms. The fourth-order valence-electron chi connectivity index (χ4n) is 5.29. The molecule has 0 aliphatic heterocycles. The largest absolute Gasteiger partial charge is 0.480 e. The third-order valence-corrected chi connectivity index (χ3v) is 5.99. The molecule has 0 heterocycles. The van der Waals surface area contributed by atoms with Crippen LogP contribution in [0, 0.1) is 29.6 Å². The number of carboxylic acid groups (broad SMARTS) is 1. The molecule has 0 unspecified atom stereocenters. The summed E-state index contributed by atoms with van der Waals surface area (Å²) in [7, 11) is 0. The van der Waals surface area contributed by atoms with Crippen molar-refractivity contribution in [2.24, 2.45) is 29.6 Å². The molecular weight excluding hydrogens is 266 g/mol. The van der Waals surface area contributed by atoms with Crippen LogP contribution in [0.3, 0.4) is 0 Å². The Kier molecular flexibility index (Phi) is 4.23. The standard InChI is InChI=1S/C17H27NO3/c1-2-3-4-14(17(20)21)18-16(19)15-12-6-10-5-11(8-12)9-13(15)7-10/h10-15H,2-9H2,1H3,(H,18,19)(H,20,21)/t10?,11?,12?,13?,14-,15?/m0/s1. The number of carbonyl (C=O) groups is 2. The van der Waals surface area contributed by atoms with Crippen molar-refractivity contribution in [2.75, 3.05) is 0 Å². The number of nitrogens with one attached hydrogen (secondary N) is 1. The van der Waals surface area contributed by atoms with Gasteiger partial charge in [0.1, 0.15) is 6.04 Å². The first-order valence-corrected chi connectivity index (χ1v) is 8.61. The Morgan fingerprint density at radius 2 is 1.67 bits per heavy atom. The molecule has 0 spiro atoms. The molecule has 4 aliphatic carbocycles. The Balaban J connectivity index is 1.63. The normalized spacial score (nSPS) is 38.2. The molecule has 0 aromatic heterocycles. The summed E-state index contributed by atoms with van der Waals surface area (Å²) in [5.41, 5.74) is 0. The molecule has 4 aliphatic rings. The molecule has 4 nitrogen and oxygen atoms in total. The van der Waals surface area contributed by atoms with Crippen molar-refractivity contribution in [2.45, 2.75) is 64.3 Å². The lowest BCUT2D eigenvalue weighted by Gasteiger charge is -2.53. The topological polar surface area (TPSA) is 66.4 Å². The van der Waals surface area contributed by atoms with Crippen LogP contribution in [0.1, 0.15) is 58.3 Å². The van der Waals surface area contributed by atoms with E-state index >= 15 is 0 Å². The number of amides is 1. The Morgan fingerprint density at radius 3 is 2.14 bits per heavy atom. The zero-order valence-electron chi connectivity index (χ0n) is 12.9. The van der Waals surface area contributed by atoms with Crippen LogP contribution < -0.4 is 5.32 Å². The lowest BCUT2D eigenvalue weighted by Crippen LogP contribution is -2.53. The first kappa shape index (κ1) is 14.9. The van der Waals surface area contributed by atoms with Crippen molar-refractivity contribution in [3.63, 3.8) is 0 Å². The molecule has 0 radical (unpaired) electrons. The highest BCUT2D eigenvalue weighted by Crippen LogP contribution is 2.56. The molecular formula is C17H27NO3. The van der Waals surface area contributed by atoms with E-state index in [9.17, 15) is 14.7 Å². The van der Waals surface area contributed by atoms with Crippen LogP contribution >= 0.6 is 0 Å². The lowest BCUT2D eigenvalue weighted by atomic mass is 9.51. The molecule has 2 N–H and O–H groups in total. The summed E-state index contributed by atoms with van der Waals surface area (Å²) in [5.74, 6) is 1.93. The van der Waals surface area contributed by atoms with E-state index < -0.39 is 12.0 Å². The predicted molar refractivity (Wildman–Crippen MR) is 79.6 cm³/mol. The Bertz CT molecular complexity index is 392. The number of rotatable bonds is 6. The quantitative estimate of drug-likeness (QED) is 0.791. The molecule has 1 amide bonds. The lowest BCUT2D eigenvalue weighted by molar-refractivity contribution is -0.146. The second-order valence-electron chi connectivity index (χ2n) is 7.50. The highest BCUT2D eigenvalue weighted by molar-refractivity contribution is 5.85. The van der Waals surface area contributed by atoms with E-state index in [1.807, 2.05) is 6.92 Å². The first-order valence-electron chi connectivity index (χ1n) is 8.61. The minimum Gasteiger partial charge on any atom is -0.480 e. The minimum absolute atomic E-state index is 0.0207. The van der Waals surface area contributed by atoms with Crippen LogP contribution in [0.2, 0.25) is 0 Å². The summed E-state index contributed by atoms with van der Waals surface area (Å²) < 4.78 is 0. The molecule has 0 saturated heterocycles. The third-order valence-electron chi connectivity index (χ3n) is 5.99. The maximum Gasteiger partial charge on any atom is 0.326 e. The fourth-order valence-corrected chi connectivity index (χ4v) is 5.29. The molecule has 118 valence electrons. The van der Waals surface area contributed by atoms with Gasteiger partial charge in [0.2, 0.25) is 5.91 Å². The highest BCUT2D eigenvalue weighted by Gasteiger charge is 2.51. The molecule has 4 saturated carbocycles. The fraction of sp³-hybridized carbons (Fsp3) is 0.882. The average molecular weight is 293 g/mol. The van der Waals surface area contributed by atoms with Crippen molar-refractivity contribution < 1.29 is 14.7 Å². The van der Waals surface area contributed by atoms with Gasteiger partial charge in [-0.1, -0.05) is 19.8 Å². The molecule has 21 heavy (non-hydrogen) atoms. The van der Waals surface area contributed by atoms with Gasteiger partial charge in [0.25, 0.3) is 0 Å². The Morgan fingerprint density at radius 1 is 1.10 bits per heavy atom. The Labute approximate surface area is 126 Å². The Hall–Kier alpha value is -1.06. The summed E-state index contributed by atoms with van der Waals surface area (Å²) in [5, 5.41) is 12.1. The zero-order chi connectivity index (χ0) is 15.0. The molecule has 4 heteroatoms. The van der Waals surface area contributed by atoms with E-state index in [1.54, 1.807) is 0 Å². The number of aliphatic carboxylic acids is 1. The SMILES string of the molecule is CCCC[C@H](NC(=O)C1C2CC3CC(C2)CC1C3)C(=O)O. The highest BCUT2D eigenvalue weighted by atomic mass is 16.4. The first-order chi connectivity index (χ1) is 10.1. The second-order valence-corrected chi connectivity index (χ2v) is 7.50. The van der Waals surface area contributed by atoms with E-state index in [4.69, 9.17) is 0 Å². The van der Waals surface area contributed by atoms with Gasteiger partial charge in [-0.25, -0.2) is 4.79 Å². The van der Waals surface area contributed by atoms with Gasteiger partial charge in [-0.15, -0.1) is 0 Å².